The lowest BCUT2D eigenvalue weighted by atomic mass is 9.95. The number of ether oxygens (including phenoxy) is 1. The fraction of sp³-hybridized carbons (Fsp3) is 0.333. The van der Waals surface area contributed by atoms with Gasteiger partial charge in [-0.15, -0.1) is 0 Å². The lowest BCUT2D eigenvalue weighted by Crippen LogP contribution is -2.39. The predicted octanol–water partition coefficient (Wildman–Crippen LogP) is 3.33. The Labute approximate surface area is 153 Å². The van der Waals surface area contributed by atoms with Crippen LogP contribution in [0.25, 0.3) is 11.1 Å². The maximum Gasteiger partial charge on any atom is 0.410 e. The van der Waals surface area contributed by atoms with E-state index in [-0.39, 0.29) is 12.0 Å². The number of hydrogen-bond acceptors (Lipinski definition) is 3. The predicted molar refractivity (Wildman–Crippen MR) is 99.0 cm³/mol. The van der Waals surface area contributed by atoms with Crippen molar-refractivity contribution in [1.29, 1.82) is 0 Å². The summed E-state index contributed by atoms with van der Waals surface area (Å²) in [5.74, 6) is -0.00803. The molecule has 2 saturated heterocycles. The third-order valence-corrected chi connectivity index (χ3v) is 5.34. The van der Waals surface area contributed by atoms with Gasteiger partial charge in [0.15, 0.2) is 5.60 Å². The molecule has 0 aromatic heterocycles. The van der Waals surface area contributed by atoms with Crippen molar-refractivity contribution in [2.75, 3.05) is 26.7 Å². The summed E-state index contributed by atoms with van der Waals surface area (Å²) in [6, 6.07) is 15.8. The normalized spacial score (nSPS) is 22.2. The van der Waals surface area contributed by atoms with Gasteiger partial charge >= 0.3 is 6.09 Å². The van der Waals surface area contributed by atoms with E-state index >= 15 is 0 Å². The maximum atomic E-state index is 13.2. The molecule has 2 aliphatic heterocycles. The fourth-order valence-corrected chi connectivity index (χ4v) is 3.97. The van der Waals surface area contributed by atoms with Gasteiger partial charge in [0.25, 0.3) is 5.91 Å². The van der Waals surface area contributed by atoms with E-state index in [2.05, 4.69) is 13.0 Å². The quantitative estimate of drug-likeness (QED) is 0.835. The number of amides is 2. The van der Waals surface area contributed by atoms with Crippen LogP contribution in [-0.4, -0.2) is 54.1 Å². The van der Waals surface area contributed by atoms with E-state index in [9.17, 15) is 9.59 Å². The van der Waals surface area contributed by atoms with Crippen molar-refractivity contribution in [3.63, 3.8) is 0 Å². The number of rotatable bonds is 2. The molecule has 4 rings (SSSR count). The van der Waals surface area contributed by atoms with Crippen LogP contribution < -0.4 is 0 Å². The van der Waals surface area contributed by atoms with Gasteiger partial charge in [-0.05, 0) is 29.7 Å². The van der Waals surface area contributed by atoms with E-state index in [1.807, 2.05) is 47.4 Å². The zero-order chi connectivity index (χ0) is 18.3. The highest BCUT2D eigenvalue weighted by atomic mass is 16.6. The molecule has 2 aliphatic rings. The lowest BCUT2D eigenvalue weighted by Gasteiger charge is -2.22. The Bertz CT molecular complexity index is 879. The smallest absolute Gasteiger partial charge is 0.410 e. The first-order valence-electron chi connectivity index (χ1n) is 8.87. The standard InChI is InChI=1S/C21H22N2O3/c1-15-7-3-4-8-16(15)17-9-5-6-10-18(17)19(24)23-12-11-21(14-23)13-22(2)20(25)26-21/h3-10H,11-14H2,1-2H3. The molecule has 1 unspecified atom stereocenters. The van der Waals surface area contributed by atoms with Gasteiger partial charge in [0.05, 0.1) is 13.1 Å². The van der Waals surface area contributed by atoms with Crippen LogP contribution in [-0.2, 0) is 4.74 Å². The highest BCUT2D eigenvalue weighted by Gasteiger charge is 2.49. The summed E-state index contributed by atoms with van der Waals surface area (Å²) in [5.41, 5.74) is 3.28. The summed E-state index contributed by atoms with van der Waals surface area (Å²) in [6.45, 7) is 3.64. The number of hydrogen-bond donors (Lipinski definition) is 0. The summed E-state index contributed by atoms with van der Waals surface area (Å²) in [5, 5.41) is 0. The monoisotopic (exact) mass is 350 g/mol. The molecule has 0 N–H and O–H groups in total. The molecule has 0 bridgehead atoms. The average molecular weight is 350 g/mol. The van der Waals surface area contributed by atoms with E-state index in [0.717, 1.165) is 16.7 Å². The molecule has 1 spiro atoms. The van der Waals surface area contributed by atoms with Crippen LogP contribution >= 0.6 is 0 Å². The van der Waals surface area contributed by atoms with Crippen LogP contribution in [0, 0.1) is 6.92 Å². The van der Waals surface area contributed by atoms with Gasteiger partial charge in [-0.3, -0.25) is 4.79 Å². The third kappa shape index (κ3) is 2.73. The van der Waals surface area contributed by atoms with Crippen LogP contribution in [0.1, 0.15) is 22.3 Å². The Morgan fingerprint density at radius 1 is 1.04 bits per heavy atom. The molecular formula is C21H22N2O3. The molecule has 2 aromatic rings. The summed E-state index contributed by atoms with van der Waals surface area (Å²) < 4.78 is 5.57. The largest absolute Gasteiger partial charge is 0.439 e. The van der Waals surface area contributed by atoms with Gasteiger partial charge < -0.3 is 14.5 Å². The van der Waals surface area contributed by atoms with Crippen LogP contribution in [0.2, 0.25) is 0 Å². The minimum atomic E-state index is -0.556. The summed E-state index contributed by atoms with van der Waals surface area (Å²) in [7, 11) is 1.73. The van der Waals surface area contributed by atoms with Gasteiger partial charge in [0.1, 0.15) is 0 Å². The Kier molecular flexibility index (Phi) is 3.94. The average Bonchev–Trinajstić information content (AvgIpc) is 3.17. The highest BCUT2D eigenvalue weighted by molar-refractivity contribution is 6.01. The Hall–Kier alpha value is -2.82. The van der Waals surface area contributed by atoms with Crippen molar-refractivity contribution in [3.05, 3.63) is 59.7 Å². The SMILES string of the molecule is Cc1ccccc1-c1ccccc1C(=O)N1CCC2(CN(C)C(=O)O2)C1. The van der Waals surface area contributed by atoms with Gasteiger partial charge in [-0.1, -0.05) is 42.5 Å². The molecule has 0 saturated carbocycles. The molecule has 2 amide bonds. The van der Waals surface area contributed by atoms with Gasteiger partial charge in [0, 0.05) is 25.6 Å². The summed E-state index contributed by atoms with van der Waals surface area (Å²) in [4.78, 5) is 28.4. The second-order valence-electron chi connectivity index (χ2n) is 7.24. The molecule has 0 aliphatic carbocycles. The molecule has 1 atom stereocenters. The topological polar surface area (TPSA) is 49.9 Å². The number of likely N-dealkylation sites (tertiary alicyclic amines) is 1. The Morgan fingerprint density at radius 3 is 2.42 bits per heavy atom. The number of benzene rings is 2. The summed E-state index contributed by atoms with van der Waals surface area (Å²) >= 11 is 0. The molecule has 5 nitrogen and oxygen atoms in total. The summed E-state index contributed by atoms with van der Waals surface area (Å²) in [6.07, 6.45) is 0.376. The molecule has 5 heteroatoms. The van der Waals surface area contributed by atoms with Crippen LogP contribution in [0.4, 0.5) is 4.79 Å². The Balaban J connectivity index is 1.63. The number of nitrogens with zero attached hydrogens (tertiary/aromatic N) is 2. The molecule has 2 fully saturated rings. The fourth-order valence-electron chi connectivity index (χ4n) is 3.97. The molecule has 2 heterocycles. The third-order valence-electron chi connectivity index (χ3n) is 5.34. The van der Waals surface area contributed by atoms with Crippen LogP contribution in [0.15, 0.2) is 48.5 Å². The zero-order valence-corrected chi connectivity index (χ0v) is 15.1. The van der Waals surface area contributed by atoms with Gasteiger partial charge in [-0.2, -0.15) is 0 Å². The first-order chi connectivity index (χ1) is 12.5. The van der Waals surface area contributed by atoms with Crippen molar-refractivity contribution < 1.29 is 14.3 Å². The maximum absolute atomic E-state index is 13.2. The second kappa shape index (κ2) is 6.16. The molecule has 26 heavy (non-hydrogen) atoms. The molecule has 2 aromatic carbocycles. The van der Waals surface area contributed by atoms with E-state index in [4.69, 9.17) is 4.74 Å². The number of aryl methyl sites for hydroxylation is 1. The zero-order valence-electron chi connectivity index (χ0n) is 15.1. The van der Waals surface area contributed by atoms with Crippen LogP contribution in [0.5, 0.6) is 0 Å². The lowest BCUT2D eigenvalue weighted by molar-refractivity contribution is 0.0553. The van der Waals surface area contributed by atoms with E-state index < -0.39 is 5.60 Å². The van der Waals surface area contributed by atoms with Crippen molar-refractivity contribution >= 4 is 12.0 Å². The molecule has 0 radical (unpaired) electrons. The second-order valence-corrected chi connectivity index (χ2v) is 7.24. The van der Waals surface area contributed by atoms with Crippen molar-refractivity contribution in [2.45, 2.75) is 18.9 Å². The van der Waals surface area contributed by atoms with E-state index in [0.29, 0.717) is 31.6 Å². The van der Waals surface area contributed by atoms with Gasteiger partial charge in [-0.25, -0.2) is 4.79 Å². The van der Waals surface area contributed by atoms with Crippen molar-refractivity contribution in [2.24, 2.45) is 0 Å². The molecular weight excluding hydrogens is 328 g/mol. The number of likely N-dealkylation sites (N-methyl/N-ethyl adjacent to an activating group) is 1. The van der Waals surface area contributed by atoms with Crippen LogP contribution in [0.3, 0.4) is 0 Å². The minimum Gasteiger partial charge on any atom is -0.439 e. The highest BCUT2D eigenvalue weighted by Crippen LogP contribution is 2.34. The molecule has 134 valence electrons. The first kappa shape index (κ1) is 16.6. The van der Waals surface area contributed by atoms with E-state index in [1.54, 1.807) is 11.9 Å². The Morgan fingerprint density at radius 2 is 1.73 bits per heavy atom. The number of carbonyl (C=O) groups excluding carboxylic acids is 2. The van der Waals surface area contributed by atoms with Crippen molar-refractivity contribution in [1.82, 2.24) is 9.80 Å². The van der Waals surface area contributed by atoms with Gasteiger partial charge in [0.2, 0.25) is 0 Å². The van der Waals surface area contributed by atoms with Crippen molar-refractivity contribution in [3.8, 4) is 11.1 Å². The first-order valence-corrected chi connectivity index (χ1v) is 8.87. The minimum absolute atomic E-state index is 0.00803. The number of carbonyl (C=O) groups is 2. The van der Waals surface area contributed by atoms with E-state index in [1.165, 1.54) is 0 Å².